The normalized spacial score (nSPS) is 24.5. The third-order valence-electron chi connectivity index (χ3n) is 4.56. The highest BCUT2D eigenvalue weighted by atomic mass is 32.2. The maximum absolute atomic E-state index is 5.51. The van der Waals surface area contributed by atoms with Gasteiger partial charge in [-0.15, -0.1) is 0 Å². The molecule has 2 fully saturated rings. The molecule has 1 aliphatic carbocycles. The first kappa shape index (κ1) is 15.7. The number of nitrogens with one attached hydrogen (secondary N) is 1. The molecule has 0 bridgehead atoms. The van der Waals surface area contributed by atoms with E-state index in [4.69, 9.17) is 4.74 Å². The minimum Gasteiger partial charge on any atom is -0.381 e. The molecule has 3 heteroatoms. The molecular weight excluding hydrogens is 254 g/mol. The number of rotatable bonds is 7. The molecule has 2 rings (SSSR count). The van der Waals surface area contributed by atoms with Gasteiger partial charge in [-0.2, -0.15) is 11.8 Å². The monoisotopic (exact) mass is 285 g/mol. The summed E-state index contributed by atoms with van der Waals surface area (Å²) in [5, 5.41) is 4.75. The predicted octanol–water partition coefficient (Wildman–Crippen LogP) is 3.85. The Kier molecular flexibility index (Phi) is 7.62. The number of ether oxygens (including phenoxy) is 1. The van der Waals surface area contributed by atoms with Crippen molar-refractivity contribution < 1.29 is 4.74 Å². The lowest BCUT2D eigenvalue weighted by Crippen LogP contribution is -2.41. The van der Waals surface area contributed by atoms with Gasteiger partial charge >= 0.3 is 0 Å². The fourth-order valence-electron chi connectivity index (χ4n) is 3.28. The van der Waals surface area contributed by atoms with Gasteiger partial charge in [-0.25, -0.2) is 0 Å². The van der Waals surface area contributed by atoms with Crippen LogP contribution in [0.15, 0.2) is 0 Å². The van der Waals surface area contributed by atoms with Crippen molar-refractivity contribution in [3.63, 3.8) is 0 Å². The van der Waals surface area contributed by atoms with Crippen LogP contribution in [-0.4, -0.2) is 36.8 Å². The Bertz CT molecular complexity index is 225. The molecule has 1 heterocycles. The molecular formula is C16H31NOS. The predicted molar refractivity (Wildman–Crippen MR) is 85.0 cm³/mol. The van der Waals surface area contributed by atoms with Crippen LogP contribution in [0.2, 0.25) is 0 Å². The fraction of sp³-hybridized carbons (Fsp3) is 1.00. The lowest BCUT2D eigenvalue weighted by Gasteiger charge is -2.32. The van der Waals surface area contributed by atoms with Crippen LogP contribution in [0, 0.1) is 5.92 Å². The maximum Gasteiger partial charge on any atom is 0.0469 e. The lowest BCUT2D eigenvalue weighted by atomic mass is 9.93. The van der Waals surface area contributed by atoms with E-state index in [0.29, 0.717) is 0 Å². The van der Waals surface area contributed by atoms with Gasteiger partial charge in [-0.1, -0.05) is 26.2 Å². The van der Waals surface area contributed by atoms with Crippen LogP contribution in [0.25, 0.3) is 0 Å². The maximum atomic E-state index is 5.51. The molecule has 1 aliphatic heterocycles. The third-order valence-corrected chi connectivity index (χ3v) is 6.05. The zero-order valence-corrected chi connectivity index (χ0v) is 13.4. The topological polar surface area (TPSA) is 21.3 Å². The van der Waals surface area contributed by atoms with Gasteiger partial charge in [-0.3, -0.25) is 0 Å². The standard InChI is InChI=1S/C16H31NOS/c1-2-10-17-16(14-8-11-18-12-9-14)13-19-15-6-4-3-5-7-15/h14-17H,2-13H2,1H3. The van der Waals surface area contributed by atoms with Gasteiger partial charge in [0.1, 0.15) is 0 Å². The molecule has 1 atom stereocenters. The number of hydrogen-bond donors (Lipinski definition) is 1. The van der Waals surface area contributed by atoms with Crippen LogP contribution in [0.1, 0.15) is 58.3 Å². The molecule has 1 saturated heterocycles. The van der Waals surface area contributed by atoms with Crippen LogP contribution in [0.5, 0.6) is 0 Å². The van der Waals surface area contributed by atoms with Gasteiger partial charge in [0.05, 0.1) is 0 Å². The Morgan fingerprint density at radius 3 is 2.53 bits per heavy atom. The zero-order chi connectivity index (χ0) is 13.3. The van der Waals surface area contributed by atoms with E-state index in [0.717, 1.165) is 30.4 Å². The molecule has 19 heavy (non-hydrogen) atoms. The first-order valence-electron chi connectivity index (χ1n) is 8.33. The Labute approximate surface area is 123 Å². The van der Waals surface area contributed by atoms with E-state index in [1.807, 2.05) is 0 Å². The van der Waals surface area contributed by atoms with Crippen molar-refractivity contribution in [1.82, 2.24) is 5.32 Å². The van der Waals surface area contributed by atoms with Gasteiger partial charge in [0.25, 0.3) is 0 Å². The second-order valence-corrected chi connectivity index (χ2v) is 7.44. The Balaban J connectivity index is 1.74. The van der Waals surface area contributed by atoms with E-state index in [9.17, 15) is 0 Å². The highest BCUT2D eigenvalue weighted by molar-refractivity contribution is 7.99. The van der Waals surface area contributed by atoms with Crippen molar-refractivity contribution in [2.75, 3.05) is 25.5 Å². The summed E-state index contributed by atoms with van der Waals surface area (Å²) in [5.41, 5.74) is 0. The summed E-state index contributed by atoms with van der Waals surface area (Å²) in [6.45, 7) is 5.39. The van der Waals surface area contributed by atoms with E-state index in [2.05, 4.69) is 24.0 Å². The molecule has 1 N–H and O–H groups in total. The molecule has 0 aromatic rings. The molecule has 0 spiro atoms. The van der Waals surface area contributed by atoms with Gasteiger partial charge in [0.15, 0.2) is 0 Å². The summed E-state index contributed by atoms with van der Waals surface area (Å²) in [6, 6.07) is 0.718. The Morgan fingerprint density at radius 1 is 1.11 bits per heavy atom. The molecule has 2 aliphatic rings. The van der Waals surface area contributed by atoms with Crippen molar-refractivity contribution in [2.24, 2.45) is 5.92 Å². The molecule has 0 amide bonds. The summed E-state index contributed by atoms with van der Waals surface area (Å²) in [7, 11) is 0. The van der Waals surface area contributed by atoms with Gasteiger partial charge in [0.2, 0.25) is 0 Å². The molecule has 1 saturated carbocycles. The first-order valence-corrected chi connectivity index (χ1v) is 9.37. The van der Waals surface area contributed by atoms with Crippen LogP contribution in [-0.2, 0) is 4.74 Å². The van der Waals surface area contributed by atoms with E-state index in [-0.39, 0.29) is 0 Å². The number of hydrogen-bond acceptors (Lipinski definition) is 3. The average Bonchev–Trinajstić information content (AvgIpc) is 2.49. The second kappa shape index (κ2) is 9.25. The molecule has 0 aromatic carbocycles. The van der Waals surface area contributed by atoms with Crippen molar-refractivity contribution in [2.45, 2.75) is 69.6 Å². The van der Waals surface area contributed by atoms with Crippen molar-refractivity contribution in [3.8, 4) is 0 Å². The smallest absolute Gasteiger partial charge is 0.0469 e. The minimum absolute atomic E-state index is 0.718. The number of thioether (sulfide) groups is 1. The third kappa shape index (κ3) is 5.65. The summed E-state index contributed by atoms with van der Waals surface area (Å²) in [5.74, 6) is 2.16. The summed E-state index contributed by atoms with van der Waals surface area (Å²) < 4.78 is 5.51. The summed E-state index contributed by atoms with van der Waals surface area (Å²) in [4.78, 5) is 0. The zero-order valence-electron chi connectivity index (χ0n) is 12.5. The average molecular weight is 285 g/mol. The van der Waals surface area contributed by atoms with Gasteiger partial charge in [-0.05, 0) is 44.6 Å². The minimum atomic E-state index is 0.718. The lowest BCUT2D eigenvalue weighted by molar-refractivity contribution is 0.0566. The van der Waals surface area contributed by atoms with Crippen molar-refractivity contribution in [1.29, 1.82) is 0 Å². The van der Waals surface area contributed by atoms with Gasteiger partial charge < -0.3 is 10.1 Å². The van der Waals surface area contributed by atoms with E-state index in [1.54, 1.807) is 0 Å². The summed E-state index contributed by atoms with van der Waals surface area (Å²) >= 11 is 2.25. The van der Waals surface area contributed by atoms with Crippen LogP contribution < -0.4 is 5.32 Å². The van der Waals surface area contributed by atoms with Crippen LogP contribution in [0.4, 0.5) is 0 Å². The van der Waals surface area contributed by atoms with E-state index < -0.39 is 0 Å². The molecule has 0 radical (unpaired) electrons. The Morgan fingerprint density at radius 2 is 1.84 bits per heavy atom. The molecule has 1 unspecified atom stereocenters. The molecule has 112 valence electrons. The van der Waals surface area contributed by atoms with Crippen LogP contribution >= 0.6 is 11.8 Å². The summed E-state index contributed by atoms with van der Waals surface area (Å²) in [6.07, 6.45) is 11.1. The van der Waals surface area contributed by atoms with Crippen molar-refractivity contribution in [3.05, 3.63) is 0 Å². The van der Waals surface area contributed by atoms with Crippen molar-refractivity contribution >= 4 is 11.8 Å². The van der Waals surface area contributed by atoms with E-state index >= 15 is 0 Å². The van der Waals surface area contributed by atoms with E-state index in [1.165, 1.54) is 63.7 Å². The highest BCUT2D eigenvalue weighted by Gasteiger charge is 2.25. The SMILES string of the molecule is CCCNC(CSC1CCCCC1)C1CCOCC1. The van der Waals surface area contributed by atoms with Crippen LogP contribution in [0.3, 0.4) is 0 Å². The second-order valence-electron chi connectivity index (χ2n) is 6.10. The fourth-order valence-corrected chi connectivity index (χ4v) is 4.82. The molecule has 0 aromatic heterocycles. The van der Waals surface area contributed by atoms with Gasteiger partial charge in [0, 0.05) is 30.3 Å². The highest BCUT2D eigenvalue weighted by Crippen LogP contribution is 2.30. The quantitative estimate of drug-likeness (QED) is 0.768. The largest absolute Gasteiger partial charge is 0.381 e. The Hall–Kier alpha value is 0.270. The first-order chi connectivity index (χ1) is 9.40. The molecule has 2 nitrogen and oxygen atoms in total.